The maximum atomic E-state index is 12.4. The lowest BCUT2D eigenvalue weighted by Gasteiger charge is -2.26. The third-order valence-electron chi connectivity index (χ3n) is 9.38. The van der Waals surface area contributed by atoms with Gasteiger partial charge in [0.25, 0.3) is 0 Å². The molecule has 6 aliphatic carbocycles. The van der Waals surface area contributed by atoms with Crippen molar-refractivity contribution in [1.29, 1.82) is 0 Å². The van der Waals surface area contributed by atoms with Gasteiger partial charge in [-0.2, -0.15) is 0 Å². The average Bonchev–Trinajstić information content (AvgIpc) is 3.54. The predicted octanol–water partition coefficient (Wildman–Crippen LogP) is 4.83. The zero-order valence-corrected chi connectivity index (χ0v) is 17.8. The van der Waals surface area contributed by atoms with Gasteiger partial charge in [0.15, 0.2) is 0 Å². The smallest absolute Gasteiger partial charge is 0.306 e. The summed E-state index contributed by atoms with van der Waals surface area (Å²) in [6.07, 6.45) is 19.0. The van der Waals surface area contributed by atoms with E-state index in [1.807, 2.05) is 0 Å². The Hall–Kier alpha value is -1.58. The van der Waals surface area contributed by atoms with E-state index in [-0.39, 0.29) is 24.1 Å². The lowest BCUT2D eigenvalue weighted by atomic mass is 9.85. The minimum absolute atomic E-state index is 0.0758. The highest BCUT2D eigenvalue weighted by Crippen LogP contribution is 2.57. The van der Waals surface area contributed by atoms with Crippen molar-refractivity contribution in [3.8, 4) is 0 Å². The SMILES string of the molecule is O=C(CCCCC(=O)O[C@H]1CC[C@@H]2[C@H]1[C@@H]1C=C[C@H]2C1)O[C@H]1CC[C@@H]2[C@H]1[C@@H]1C=C[C@H]2C1. The molecule has 4 fully saturated rings. The summed E-state index contributed by atoms with van der Waals surface area (Å²) in [5.74, 6) is 5.21. The van der Waals surface area contributed by atoms with Crippen molar-refractivity contribution in [3.63, 3.8) is 0 Å². The molecule has 0 N–H and O–H groups in total. The van der Waals surface area contributed by atoms with Gasteiger partial charge >= 0.3 is 11.9 Å². The van der Waals surface area contributed by atoms with Crippen molar-refractivity contribution in [2.45, 2.75) is 76.4 Å². The second kappa shape index (κ2) is 7.53. The minimum Gasteiger partial charge on any atom is -0.462 e. The normalized spacial score (nSPS) is 46.4. The number of esters is 2. The standard InChI is InChI=1S/C26H34O4/c27-23(29-21-11-9-19-15-5-7-17(13-15)25(19)21)3-1-2-4-24(28)30-22-12-10-20-16-6-8-18(14-16)26(20)22/h5-8,15-22,25-26H,1-4,9-14H2/t15-,16-,17+,18+,19-,20-,21-,22-,25+,26+/m0/s1. The predicted molar refractivity (Wildman–Crippen MR) is 112 cm³/mol. The summed E-state index contributed by atoms with van der Waals surface area (Å²) in [6, 6.07) is 0. The Kier molecular flexibility index (Phi) is 4.80. The van der Waals surface area contributed by atoms with Gasteiger partial charge in [-0.15, -0.1) is 0 Å². The third-order valence-corrected chi connectivity index (χ3v) is 9.38. The topological polar surface area (TPSA) is 52.6 Å². The lowest BCUT2D eigenvalue weighted by molar-refractivity contribution is -0.153. The molecule has 0 saturated heterocycles. The molecule has 0 spiro atoms. The second-order valence-electron chi connectivity index (χ2n) is 10.8. The van der Waals surface area contributed by atoms with Gasteiger partial charge in [-0.3, -0.25) is 9.59 Å². The van der Waals surface area contributed by atoms with Gasteiger partial charge in [0.1, 0.15) is 12.2 Å². The number of rotatable bonds is 7. The first-order valence-electron chi connectivity index (χ1n) is 12.4. The molecular weight excluding hydrogens is 376 g/mol. The molecular formula is C26H34O4. The molecule has 30 heavy (non-hydrogen) atoms. The van der Waals surface area contributed by atoms with Crippen molar-refractivity contribution >= 4 is 11.9 Å². The molecule has 0 aromatic carbocycles. The van der Waals surface area contributed by atoms with Gasteiger partial charge < -0.3 is 9.47 Å². The summed E-state index contributed by atoms with van der Waals surface area (Å²) in [7, 11) is 0. The fraction of sp³-hybridized carbons (Fsp3) is 0.769. The number of unbranched alkanes of at least 4 members (excludes halogenated alkanes) is 1. The lowest BCUT2D eigenvalue weighted by Crippen LogP contribution is -2.28. The summed E-state index contributed by atoms with van der Waals surface area (Å²) in [5, 5.41) is 0. The van der Waals surface area contributed by atoms with E-state index in [0.717, 1.165) is 36.5 Å². The Morgan fingerprint density at radius 3 is 1.53 bits per heavy atom. The van der Waals surface area contributed by atoms with E-state index in [2.05, 4.69) is 24.3 Å². The molecule has 0 heterocycles. The number of fused-ring (bicyclic) bond motifs is 10. The largest absolute Gasteiger partial charge is 0.462 e. The van der Waals surface area contributed by atoms with Gasteiger partial charge in [-0.25, -0.2) is 0 Å². The first-order valence-corrected chi connectivity index (χ1v) is 12.4. The van der Waals surface area contributed by atoms with Crippen molar-refractivity contribution in [2.75, 3.05) is 0 Å². The summed E-state index contributed by atoms with van der Waals surface area (Å²) in [4.78, 5) is 24.7. The van der Waals surface area contributed by atoms with Gasteiger partial charge in [0.2, 0.25) is 0 Å². The van der Waals surface area contributed by atoms with E-state index in [1.165, 1.54) is 25.7 Å². The second-order valence-corrected chi connectivity index (χ2v) is 10.8. The van der Waals surface area contributed by atoms with E-state index >= 15 is 0 Å². The minimum atomic E-state index is -0.0758. The zero-order chi connectivity index (χ0) is 20.2. The zero-order valence-electron chi connectivity index (χ0n) is 17.8. The van der Waals surface area contributed by atoms with Gasteiger partial charge in [-0.1, -0.05) is 24.3 Å². The molecule has 6 rings (SSSR count). The van der Waals surface area contributed by atoms with Crippen LogP contribution in [0.5, 0.6) is 0 Å². The number of carbonyl (C=O) groups excluding carboxylic acids is 2. The molecule has 162 valence electrons. The highest BCUT2D eigenvalue weighted by molar-refractivity contribution is 5.71. The quantitative estimate of drug-likeness (QED) is 0.343. The fourth-order valence-corrected chi connectivity index (χ4v) is 8.21. The Labute approximate surface area is 179 Å². The van der Waals surface area contributed by atoms with Crippen LogP contribution < -0.4 is 0 Å². The van der Waals surface area contributed by atoms with E-state index in [1.54, 1.807) is 0 Å². The molecule has 10 atom stereocenters. The molecule has 4 bridgehead atoms. The van der Waals surface area contributed by atoms with Gasteiger partial charge in [0.05, 0.1) is 0 Å². The fourth-order valence-electron chi connectivity index (χ4n) is 8.21. The number of allylic oxidation sites excluding steroid dienone is 4. The van der Waals surface area contributed by atoms with Crippen LogP contribution in [0.3, 0.4) is 0 Å². The molecule has 0 aromatic rings. The van der Waals surface area contributed by atoms with Crippen molar-refractivity contribution in [2.24, 2.45) is 47.3 Å². The van der Waals surface area contributed by atoms with Crippen LogP contribution in [0.1, 0.15) is 64.2 Å². The molecule has 0 unspecified atom stereocenters. The first-order chi connectivity index (χ1) is 14.7. The van der Waals surface area contributed by atoms with E-state index < -0.39 is 0 Å². The van der Waals surface area contributed by atoms with Gasteiger partial charge in [0, 0.05) is 24.7 Å². The number of hydrogen-bond acceptors (Lipinski definition) is 4. The van der Waals surface area contributed by atoms with E-state index in [4.69, 9.17) is 9.47 Å². The third kappa shape index (κ3) is 3.17. The molecule has 0 radical (unpaired) electrons. The van der Waals surface area contributed by atoms with E-state index in [9.17, 15) is 9.59 Å². The van der Waals surface area contributed by atoms with Crippen LogP contribution in [-0.4, -0.2) is 24.1 Å². The molecule has 6 aliphatic rings. The summed E-state index contributed by atoms with van der Waals surface area (Å²) in [5.41, 5.74) is 0. The van der Waals surface area contributed by atoms with Gasteiger partial charge in [-0.05, 0) is 86.9 Å². The van der Waals surface area contributed by atoms with Crippen LogP contribution in [-0.2, 0) is 19.1 Å². The maximum absolute atomic E-state index is 12.4. The Balaban J connectivity index is 0.902. The Morgan fingerprint density at radius 1 is 0.633 bits per heavy atom. The first kappa shape index (κ1) is 19.1. The Bertz CT molecular complexity index is 705. The van der Waals surface area contributed by atoms with Crippen LogP contribution >= 0.6 is 0 Å². The molecule has 0 amide bonds. The number of carbonyl (C=O) groups is 2. The van der Waals surface area contributed by atoms with Crippen LogP contribution in [0.4, 0.5) is 0 Å². The van der Waals surface area contributed by atoms with Crippen molar-refractivity contribution < 1.29 is 19.1 Å². The molecule has 0 aliphatic heterocycles. The summed E-state index contributed by atoms with van der Waals surface area (Å²) in [6.45, 7) is 0. The highest BCUT2D eigenvalue weighted by Gasteiger charge is 2.53. The van der Waals surface area contributed by atoms with Crippen molar-refractivity contribution in [1.82, 2.24) is 0 Å². The molecule has 4 saturated carbocycles. The Morgan fingerprint density at radius 2 is 1.07 bits per heavy atom. The molecule has 4 heteroatoms. The molecule has 4 nitrogen and oxygen atoms in total. The van der Waals surface area contributed by atoms with Crippen molar-refractivity contribution in [3.05, 3.63) is 24.3 Å². The average molecular weight is 411 g/mol. The van der Waals surface area contributed by atoms with Crippen LogP contribution in [0, 0.1) is 47.3 Å². The number of hydrogen-bond donors (Lipinski definition) is 0. The van der Waals surface area contributed by atoms with Crippen LogP contribution in [0.15, 0.2) is 24.3 Å². The molecule has 0 aromatic heterocycles. The van der Waals surface area contributed by atoms with E-state index in [0.29, 0.717) is 49.4 Å². The monoisotopic (exact) mass is 410 g/mol. The summed E-state index contributed by atoms with van der Waals surface area (Å²) >= 11 is 0. The number of ether oxygens (including phenoxy) is 2. The summed E-state index contributed by atoms with van der Waals surface area (Å²) < 4.78 is 11.7. The van der Waals surface area contributed by atoms with Crippen LogP contribution in [0.2, 0.25) is 0 Å². The maximum Gasteiger partial charge on any atom is 0.306 e. The van der Waals surface area contributed by atoms with Crippen LogP contribution in [0.25, 0.3) is 0 Å². The highest BCUT2D eigenvalue weighted by atomic mass is 16.5.